The Morgan fingerprint density at radius 3 is 2.44 bits per heavy atom. The lowest BCUT2D eigenvalue weighted by Crippen LogP contribution is -2.11. The Kier molecular flexibility index (Phi) is 4.76. The highest BCUT2D eigenvalue weighted by Crippen LogP contribution is 2.45. The van der Waals surface area contributed by atoms with Crippen LogP contribution in [0.3, 0.4) is 0 Å². The van der Waals surface area contributed by atoms with Gasteiger partial charge in [0.15, 0.2) is 0 Å². The van der Waals surface area contributed by atoms with E-state index in [1.54, 1.807) is 0 Å². The molecule has 1 aliphatic carbocycles. The lowest BCUT2D eigenvalue weighted by atomic mass is 9.89. The van der Waals surface area contributed by atoms with Gasteiger partial charge in [-0.1, -0.05) is 49.8 Å². The number of rotatable bonds is 5. The molecule has 1 aliphatic rings. The number of amides is 1. The maximum atomic E-state index is 13.7. The van der Waals surface area contributed by atoms with Crippen LogP contribution < -0.4 is 5.73 Å². The van der Waals surface area contributed by atoms with Gasteiger partial charge in [0.05, 0.1) is 6.42 Å². The minimum absolute atomic E-state index is 0.158. The van der Waals surface area contributed by atoms with Crippen LogP contribution in [0.15, 0.2) is 48.0 Å². The zero-order valence-electron chi connectivity index (χ0n) is 15.0. The molecule has 0 bridgehead atoms. The van der Waals surface area contributed by atoms with Crippen LogP contribution in [0, 0.1) is 5.82 Å². The van der Waals surface area contributed by atoms with E-state index in [-0.39, 0.29) is 24.1 Å². The van der Waals surface area contributed by atoms with Gasteiger partial charge in [-0.3, -0.25) is 4.79 Å². The van der Waals surface area contributed by atoms with Crippen LogP contribution in [0.25, 0.3) is 5.57 Å². The van der Waals surface area contributed by atoms with Crippen LogP contribution >= 0.6 is 0 Å². The van der Waals surface area contributed by atoms with Gasteiger partial charge in [-0.2, -0.15) is 0 Å². The summed E-state index contributed by atoms with van der Waals surface area (Å²) in [6.07, 6.45) is 0.996. The Labute approximate surface area is 148 Å². The molecule has 2 aromatic rings. The molecule has 1 unspecified atom stereocenters. The number of benzene rings is 2. The van der Waals surface area contributed by atoms with Crippen LogP contribution in [0.2, 0.25) is 0 Å². The van der Waals surface area contributed by atoms with Crippen LogP contribution in [0.5, 0.6) is 0 Å². The van der Waals surface area contributed by atoms with E-state index >= 15 is 0 Å². The number of halogens is 1. The molecular formula is C22H24FNO. The van der Waals surface area contributed by atoms with Crippen molar-refractivity contribution in [2.75, 3.05) is 0 Å². The topological polar surface area (TPSA) is 43.1 Å². The van der Waals surface area contributed by atoms with E-state index in [2.05, 4.69) is 38.1 Å². The number of carbonyl (C=O) groups excluding carboxylic acids is 1. The van der Waals surface area contributed by atoms with E-state index in [0.29, 0.717) is 5.92 Å². The highest BCUT2D eigenvalue weighted by molar-refractivity contribution is 5.91. The molecule has 0 heterocycles. The summed E-state index contributed by atoms with van der Waals surface area (Å²) < 4.78 is 13.7. The third kappa shape index (κ3) is 3.51. The smallest absolute Gasteiger partial charge is 0.221 e. The number of nitrogens with two attached hydrogens (primary N) is 1. The summed E-state index contributed by atoms with van der Waals surface area (Å²) in [5.41, 5.74) is 11.9. The van der Waals surface area contributed by atoms with E-state index in [4.69, 9.17) is 5.73 Å². The predicted molar refractivity (Wildman–Crippen MR) is 99.8 cm³/mol. The van der Waals surface area contributed by atoms with Crippen molar-refractivity contribution in [3.05, 3.63) is 76.1 Å². The average molecular weight is 337 g/mol. The van der Waals surface area contributed by atoms with Crippen molar-refractivity contribution in [2.24, 2.45) is 5.73 Å². The van der Waals surface area contributed by atoms with Gasteiger partial charge in [0, 0.05) is 5.92 Å². The molecule has 0 saturated heterocycles. The zero-order valence-corrected chi connectivity index (χ0v) is 15.0. The molecule has 0 saturated carbocycles. The minimum Gasteiger partial charge on any atom is -0.369 e. The molecule has 2 aromatic carbocycles. The zero-order chi connectivity index (χ0) is 18.1. The maximum Gasteiger partial charge on any atom is 0.221 e. The van der Waals surface area contributed by atoms with E-state index < -0.39 is 0 Å². The van der Waals surface area contributed by atoms with E-state index in [1.807, 2.05) is 13.0 Å². The number of primary amides is 1. The SMILES string of the molecule is CC1=C(CC(N)=O)c2cc(F)ccc2C1Cc1ccc(C(C)C)cc1. The van der Waals surface area contributed by atoms with Crippen LogP contribution in [0.1, 0.15) is 61.3 Å². The average Bonchev–Trinajstić information content (AvgIpc) is 2.80. The fraction of sp³-hybridized carbons (Fsp3) is 0.318. The van der Waals surface area contributed by atoms with Crippen LogP contribution in [0.4, 0.5) is 4.39 Å². The fourth-order valence-corrected chi connectivity index (χ4v) is 3.70. The minimum atomic E-state index is -0.383. The molecular weight excluding hydrogens is 313 g/mol. The van der Waals surface area contributed by atoms with Crippen molar-refractivity contribution in [3.63, 3.8) is 0 Å². The maximum absolute atomic E-state index is 13.7. The molecule has 2 N–H and O–H groups in total. The fourth-order valence-electron chi connectivity index (χ4n) is 3.70. The molecule has 1 atom stereocenters. The number of allylic oxidation sites excluding steroid dienone is 1. The number of carbonyl (C=O) groups is 1. The van der Waals surface area contributed by atoms with Gasteiger partial charge < -0.3 is 5.73 Å². The van der Waals surface area contributed by atoms with Crippen molar-refractivity contribution in [1.29, 1.82) is 0 Å². The summed E-state index contributed by atoms with van der Waals surface area (Å²) in [5.74, 6) is 0.00448. The first kappa shape index (κ1) is 17.4. The second-order valence-electron chi connectivity index (χ2n) is 7.19. The summed E-state index contributed by atoms with van der Waals surface area (Å²) in [6, 6.07) is 13.5. The highest BCUT2D eigenvalue weighted by atomic mass is 19.1. The molecule has 0 fully saturated rings. The Morgan fingerprint density at radius 2 is 1.84 bits per heavy atom. The first-order chi connectivity index (χ1) is 11.9. The van der Waals surface area contributed by atoms with Crippen LogP contribution in [-0.2, 0) is 11.2 Å². The van der Waals surface area contributed by atoms with E-state index in [9.17, 15) is 9.18 Å². The number of hydrogen-bond acceptors (Lipinski definition) is 1. The van der Waals surface area contributed by atoms with Crippen molar-refractivity contribution in [2.45, 2.75) is 45.4 Å². The second-order valence-corrected chi connectivity index (χ2v) is 7.19. The highest BCUT2D eigenvalue weighted by Gasteiger charge is 2.29. The molecule has 0 aromatic heterocycles. The normalized spacial score (nSPS) is 16.4. The molecule has 2 nitrogen and oxygen atoms in total. The standard InChI is InChI=1S/C22H24FNO/c1-13(2)16-6-4-15(5-7-16)10-19-14(3)20(12-22(24)25)21-11-17(23)8-9-18(19)21/h4-9,11,13,19H,10,12H2,1-3H3,(H2,24,25). The first-order valence-corrected chi connectivity index (χ1v) is 8.73. The van der Waals surface area contributed by atoms with Gasteiger partial charge in [-0.25, -0.2) is 4.39 Å². The lowest BCUT2D eigenvalue weighted by Gasteiger charge is -2.15. The molecule has 0 aliphatic heterocycles. The van der Waals surface area contributed by atoms with Crippen molar-refractivity contribution in [3.8, 4) is 0 Å². The van der Waals surface area contributed by atoms with E-state index in [1.165, 1.54) is 23.3 Å². The Bertz CT molecular complexity index is 834. The van der Waals surface area contributed by atoms with Gasteiger partial charge in [-0.15, -0.1) is 0 Å². The quantitative estimate of drug-likeness (QED) is 0.825. The van der Waals surface area contributed by atoms with Crippen molar-refractivity contribution in [1.82, 2.24) is 0 Å². The molecule has 25 heavy (non-hydrogen) atoms. The summed E-state index contributed by atoms with van der Waals surface area (Å²) >= 11 is 0. The molecule has 0 spiro atoms. The Morgan fingerprint density at radius 1 is 1.16 bits per heavy atom. The summed E-state index contributed by atoms with van der Waals surface area (Å²) in [6.45, 7) is 6.39. The predicted octanol–water partition coefficient (Wildman–Crippen LogP) is 4.94. The number of hydrogen-bond donors (Lipinski definition) is 1. The van der Waals surface area contributed by atoms with Crippen molar-refractivity contribution >= 4 is 11.5 Å². The third-order valence-electron chi connectivity index (χ3n) is 5.15. The van der Waals surface area contributed by atoms with Gasteiger partial charge in [0.25, 0.3) is 0 Å². The van der Waals surface area contributed by atoms with Gasteiger partial charge >= 0.3 is 0 Å². The molecule has 3 rings (SSSR count). The lowest BCUT2D eigenvalue weighted by molar-refractivity contribution is -0.117. The van der Waals surface area contributed by atoms with E-state index in [0.717, 1.165) is 28.7 Å². The van der Waals surface area contributed by atoms with Gasteiger partial charge in [-0.05, 0) is 59.2 Å². The number of fused-ring (bicyclic) bond motifs is 1. The van der Waals surface area contributed by atoms with Crippen molar-refractivity contribution < 1.29 is 9.18 Å². The molecule has 130 valence electrons. The second kappa shape index (κ2) is 6.83. The Hall–Kier alpha value is -2.42. The van der Waals surface area contributed by atoms with Gasteiger partial charge in [0.2, 0.25) is 5.91 Å². The summed E-state index contributed by atoms with van der Waals surface area (Å²) in [5, 5.41) is 0. The van der Waals surface area contributed by atoms with Gasteiger partial charge in [0.1, 0.15) is 5.82 Å². The molecule has 0 radical (unpaired) electrons. The van der Waals surface area contributed by atoms with Crippen LogP contribution in [-0.4, -0.2) is 5.91 Å². The largest absolute Gasteiger partial charge is 0.369 e. The summed E-state index contributed by atoms with van der Waals surface area (Å²) in [4.78, 5) is 11.5. The Balaban J connectivity index is 1.95. The summed E-state index contributed by atoms with van der Waals surface area (Å²) in [7, 11) is 0. The molecule has 3 heteroatoms. The first-order valence-electron chi connectivity index (χ1n) is 8.73. The molecule has 1 amide bonds. The monoisotopic (exact) mass is 337 g/mol. The third-order valence-corrected chi connectivity index (χ3v) is 5.15.